The Kier molecular flexibility index (Phi) is 7.44. The molecule has 34 heavy (non-hydrogen) atoms. The molecule has 0 fully saturated rings. The van der Waals surface area contributed by atoms with Crippen LogP contribution in [-0.4, -0.2) is 32.1 Å². The van der Waals surface area contributed by atoms with E-state index in [0.29, 0.717) is 17.5 Å². The molecule has 0 spiro atoms. The second kappa shape index (κ2) is 10.8. The molecule has 0 radical (unpaired) electrons. The molecule has 4 aromatic rings. The molecule has 0 aliphatic heterocycles. The molecule has 0 unspecified atom stereocenters. The fourth-order valence-electron chi connectivity index (χ4n) is 3.16. The van der Waals surface area contributed by atoms with Crippen LogP contribution in [0.4, 0.5) is 5.69 Å². The van der Waals surface area contributed by atoms with Gasteiger partial charge >= 0.3 is 0 Å². The molecule has 1 amide bonds. The fraction of sp³-hybridized carbons (Fsp3) is 0.200. The van der Waals surface area contributed by atoms with Gasteiger partial charge in [-0.15, -0.1) is 10.2 Å². The van der Waals surface area contributed by atoms with E-state index >= 15 is 0 Å². The number of aryl methyl sites for hydroxylation is 2. The first-order chi connectivity index (χ1) is 16.5. The summed E-state index contributed by atoms with van der Waals surface area (Å²) in [5, 5.41) is 16.3. The Morgan fingerprint density at radius 3 is 2.56 bits per heavy atom. The lowest BCUT2D eigenvalue weighted by molar-refractivity contribution is -0.120. The lowest BCUT2D eigenvalue weighted by atomic mass is 10.2. The number of furan rings is 1. The van der Waals surface area contributed by atoms with E-state index in [4.69, 9.17) is 4.42 Å². The molecule has 9 heteroatoms. The number of carbonyl (C=O) groups excluding carboxylic acids is 1. The van der Waals surface area contributed by atoms with Crippen LogP contribution >= 0.6 is 11.8 Å². The van der Waals surface area contributed by atoms with Crippen molar-refractivity contribution in [3.05, 3.63) is 89.6 Å². The first-order valence-corrected chi connectivity index (χ1v) is 11.7. The zero-order chi connectivity index (χ0) is 23.9. The predicted molar refractivity (Wildman–Crippen MR) is 134 cm³/mol. The lowest BCUT2D eigenvalue weighted by Crippen LogP contribution is -2.27. The Morgan fingerprint density at radius 1 is 1.09 bits per heavy atom. The molecule has 174 valence electrons. The van der Waals surface area contributed by atoms with Gasteiger partial charge in [0.25, 0.3) is 5.91 Å². The van der Waals surface area contributed by atoms with Crippen LogP contribution in [0.1, 0.15) is 29.8 Å². The van der Waals surface area contributed by atoms with Crippen LogP contribution in [0, 0.1) is 13.8 Å². The van der Waals surface area contributed by atoms with E-state index in [-0.39, 0.29) is 5.91 Å². The van der Waals surface area contributed by atoms with Crippen LogP contribution in [0.25, 0.3) is 5.69 Å². The standard InChI is InChI=1S/C25H26N6O2S/c1-17-9-12-20(13-10-17)26-16-23-28-30-25(31(23)21-7-5-4-6-8-21)34-19(3)24(32)29-27-15-22-14-11-18(2)33-22/h4-15,19,26H,16H2,1-3H3,(H,29,32)/t19-/m1/s1. The zero-order valence-electron chi connectivity index (χ0n) is 19.2. The van der Waals surface area contributed by atoms with Crippen molar-refractivity contribution in [2.45, 2.75) is 37.7 Å². The van der Waals surface area contributed by atoms with Gasteiger partial charge in [-0.3, -0.25) is 9.36 Å². The smallest absolute Gasteiger partial charge is 0.253 e. The Labute approximate surface area is 202 Å². The van der Waals surface area contributed by atoms with Gasteiger partial charge in [-0.2, -0.15) is 5.10 Å². The molecule has 0 bridgehead atoms. The minimum Gasteiger partial charge on any atom is -0.460 e. The number of hydrogen-bond donors (Lipinski definition) is 2. The molecule has 2 N–H and O–H groups in total. The Morgan fingerprint density at radius 2 is 1.85 bits per heavy atom. The van der Waals surface area contributed by atoms with Crippen LogP contribution in [0.2, 0.25) is 0 Å². The summed E-state index contributed by atoms with van der Waals surface area (Å²) in [7, 11) is 0. The molecule has 8 nitrogen and oxygen atoms in total. The molecular weight excluding hydrogens is 448 g/mol. The normalized spacial score (nSPS) is 12.1. The molecule has 0 aliphatic carbocycles. The summed E-state index contributed by atoms with van der Waals surface area (Å²) in [4.78, 5) is 12.6. The molecular formula is C25H26N6O2S. The molecule has 0 saturated carbocycles. The zero-order valence-corrected chi connectivity index (χ0v) is 20.0. The Balaban J connectivity index is 1.47. The number of hydrazone groups is 1. The predicted octanol–water partition coefficient (Wildman–Crippen LogP) is 4.72. The maximum absolute atomic E-state index is 12.6. The summed E-state index contributed by atoms with van der Waals surface area (Å²) in [6.07, 6.45) is 1.48. The SMILES string of the molecule is Cc1ccc(NCc2nnc(S[C@H](C)C(=O)NN=Cc3ccc(C)o3)n2-c2ccccc2)cc1. The summed E-state index contributed by atoms with van der Waals surface area (Å²) in [5.74, 6) is 1.86. The summed E-state index contributed by atoms with van der Waals surface area (Å²) in [5.41, 5.74) is 5.68. The Hall–Kier alpha value is -3.85. The topological polar surface area (TPSA) is 97.3 Å². The average Bonchev–Trinajstić information content (AvgIpc) is 3.44. The largest absolute Gasteiger partial charge is 0.460 e. The summed E-state index contributed by atoms with van der Waals surface area (Å²) in [6, 6.07) is 21.7. The number of benzene rings is 2. The van der Waals surface area contributed by atoms with Gasteiger partial charge in [-0.25, -0.2) is 5.43 Å². The van der Waals surface area contributed by atoms with Crippen molar-refractivity contribution >= 4 is 29.6 Å². The molecule has 0 saturated heterocycles. The van der Waals surface area contributed by atoms with E-state index in [9.17, 15) is 4.79 Å². The number of aromatic nitrogens is 3. The van der Waals surface area contributed by atoms with Gasteiger partial charge in [0.15, 0.2) is 11.0 Å². The first kappa shape index (κ1) is 23.3. The Bertz CT molecular complexity index is 1260. The van der Waals surface area contributed by atoms with Crippen LogP contribution in [0.15, 0.2) is 81.4 Å². The van der Waals surface area contributed by atoms with Crippen LogP contribution in [0.3, 0.4) is 0 Å². The second-order valence-electron chi connectivity index (χ2n) is 7.73. The van der Waals surface area contributed by atoms with E-state index in [0.717, 1.165) is 23.0 Å². The highest BCUT2D eigenvalue weighted by atomic mass is 32.2. The number of carbonyl (C=O) groups is 1. The number of hydrogen-bond acceptors (Lipinski definition) is 7. The van der Waals surface area contributed by atoms with Crippen molar-refractivity contribution in [2.24, 2.45) is 5.10 Å². The third-order valence-electron chi connectivity index (χ3n) is 5.00. The third-order valence-corrected chi connectivity index (χ3v) is 6.04. The van der Waals surface area contributed by atoms with Crippen LogP contribution in [-0.2, 0) is 11.3 Å². The molecule has 1 atom stereocenters. The van der Waals surface area contributed by atoms with Crippen molar-refractivity contribution in [1.82, 2.24) is 20.2 Å². The van der Waals surface area contributed by atoms with Gasteiger partial charge in [0.2, 0.25) is 0 Å². The number of thioether (sulfide) groups is 1. The van der Waals surface area contributed by atoms with Gasteiger partial charge in [0, 0.05) is 11.4 Å². The molecule has 2 heterocycles. The van der Waals surface area contributed by atoms with E-state index < -0.39 is 5.25 Å². The van der Waals surface area contributed by atoms with Crippen molar-refractivity contribution in [1.29, 1.82) is 0 Å². The highest BCUT2D eigenvalue weighted by Crippen LogP contribution is 2.26. The minimum atomic E-state index is -0.444. The number of para-hydroxylation sites is 1. The van der Waals surface area contributed by atoms with Crippen molar-refractivity contribution in [3.63, 3.8) is 0 Å². The highest BCUT2D eigenvalue weighted by molar-refractivity contribution is 8.00. The first-order valence-electron chi connectivity index (χ1n) is 10.9. The molecule has 2 aromatic carbocycles. The van der Waals surface area contributed by atoms with E-state index in [1.54, 1.807) is 13.0 Å². The van der Waals surface area contributed by atoms with Crippen molar-refractivity contribution < 1.29 is 9.21 Å². The summed E-state index contributed by atoms with van der Waals surface area (Å²) in [6.45, 7) is 6.20. The fourth-order valence-corrected chi connectivity index (χ4v) is 4.05. The number of anilines is 1. The maximum Gasteiger partial charge on any atom is 0.253 e. The monoisotopic (exact) mass is 474 g/mol. The molecule has 0 aliphatic rings. The quantitative estimate of drug-likeness (QED) is 0.207. The number of rotatable bonds is 9. The van der Waals surface area contributed by atoms with Crippen molar-refractivity contribution in [2.75, 3.05) is 5.32 Å². The van der Waals surface area contributed by atoms with E-state index in [1.807, 2.05) is 60.0 Å². The van der Waals surface area contributed by atoms with Crippen molar-refractivity contribution in [3.8, 4) is 5.69 Å². The minimum absolute atomic E-state index is 0.244. The lowest BCUT2D eigenvalue weighted by Gasteiger charge is -2.13. The summed E-state index contributed by atoms with van der Waals surface area (Å²) < 4.78 is 7.38. The molecule has 4 rings (SSSR count). The van der Waals surface area contributed by atoms with Gasteiger partial charge < -0.3 is 9.73 Å². The van der Waals surface area contributed by atoms with Gasteiger partial charge in [0.05, 0.1) is 18.0 Å². The highest BCUT2D eigenvalue weighted by Gasteiger charge is 2.21. The van der Waals surface area contributed by atoms with Gasteiger partial charge in [0.1, 0.15) is 11.5 Å². The molecule has 2 aromatic heterocycles. The van der Waals surface area contributed by atoms with E-state index in [2.05, 4.69) is 45.1 Å². The summed E-state index contributed by atoms with van der Waals surface area (Å²) >= 11 is 1.32. The van der Waals surface area contributed by atoms with Crippen LogP contribution < -0.4 is 10.7 Å². The number of nitrogens with zero attached hydrogens (tertiary/aromatic N) is 4. The van der Waals surface area contributed by atoms with Gasteiger partial charge in [-0.05, 0) is 57.2 Å². The second-order valence-corrected chi connectivity index (χ2v) is 9.04. The number of amides is 1. The maximum atomic E-state index is 12.6. The average molecular weight is 475 g/mol. The number of nitrogens with one attached hydrogen (secondary N) is 2. The van der Waals surface area contributed by atoms with E-state index in [1.165, 1.54) is 23.5 Å². The van der Waals surface area contributed by atoms with Gasteiger partial charge in [-0.1, -0.05) is 47.7 Å². The van der Waals surface area contributed by atoms with Crippen LogP contribution in [0.5, 0.6) is 0 Å². The third kappa shape index (κ3) is 5.93.